The average Bonchev–Trinajstić information content (AvgIpc) is 2.26. The molecule has 0 saturated carbocycles. The van der Waals surface area contributed by atoms with Crippen molar-refractivity contribution in [3.63, 3.8) is 0 Å². The first-order valence-corrected chi connectivity index (χ1v) is 4.62. The van der Waals surface area contributed by atoms with Crippen LogP contribution in [0.25, 0.3) is 17.0 Å². The number of fused-ring (bicyclic) bond motifs is 1. The first-order valence-electron chi connectivity index (χ1n) is 4.62. The summed E-state index contributed by atoms with van der Waals surface area (Å²) in [7, 11) is 0. The van der Waals surface area contributed by atoms with E-state index in [2.05, 4.69) is 11.6 Å². The minimum absolute atomic E-state index is 0.0348. The van der Waals surface area contributed by atoms with Crippen molar-refractivity contribution >= 4 is 17.0 Å². The number of aromatic nitrogens is 1. The molecule has 0 aliphatic carbocycles. The fourth-order valence-corrected chi connectivity index (χ4v) is 1.50. The highest BCUT2D eigenvalue weighted by Crippen LogP contribution is 2.33. The number of hydrogen-bond donors (Lipinski definition) is 0. The standard InChI is InChI=1S/C12H8F3N/c1-2-9-7-6-8-4-3-5-10(11(8)16-9)12(13,14)15/h2-7H,1H2. The van der Waals surface area contributed by atoms with Gasteiger partial charge in [-0.2, -0.15) is 13.2 Å². The van der Waals surface area contributed by atoms with Gasteiger partial charge >= 0.3 is 6.18 Å². The van der Waals surface area contributed by atoms with E-state index in [1.165, 1.54) is 12.1 Å². The van der Waals surface area contributed by atoms with E-state index in [4.69, 9.17) is 0 Å². The van der Waals surface area contributed by atoms with E-state index < -0.39 is 11.7 Å². The predicted molar refractivity (Wildman–Crippen MR) is 56.8 cm³/mol. The number of rotatable bonds is 1. The van der Waals surface area contributed by atoms with Crippen molar-refractivity contribution in [2.75, 3.05) is 0 Å². The molecule has 82 valence electrons. The van der Waals surface area contributed by atoms with Crippen LogP contribution >= 0.6 is 0 Å². The first-order chi connectivity index (χ1) is 7.52. The monoisotopic (exact) mass is 223 g/mol. The van der Waals surface area contributed by atoms with E-state index in [9.17, 15) is 13.2 Å². The van der Waals surface area contributed by atoms with Crippen molar-refractivity contribution in [3.8, 4) is 0 Å². The number of alkyl halides is 3. The van der Waals surface area contributed by atoms with Gasteiger partial charge < -0.3 is 0 Å². The topological polar surface area (TPSA) is 12.9 Å². The van der Waals surface area contributed by atoms with Gasteiger partial charge in [0.1, 0.15) is 0 Å². The Kier molecular flexibility index (Phi) is 2.42. The largest absolute Gasteiger partial charge is 0.418 e. The molecule has 0 aliphatic rings. The molecule has 1 nitrogen and oxygen atoms in total. The third kappa shape index (κ3) is 1.78. The molecule has 4 heteroatoms. The Hall–Kier alpha value is -1.84. The van der Waals surface area contributed by atoms with Crippen LogP contribution in [0.5, 0.6) is 0 Å². The minimum atomic E-state index is -4.38. The van der Waals surface area contributed by atoms with Crippen LogP contribution in [-0.2, 0) is 6.18 Å². The molecule has 1 aromatic heterocycles. The zero-order valence-corrected chi connectivity index (χ0v) is 8.25. The maximum atomic E-state index is 12.7. The second kappa shape index (κ2) is 3.63. The molecule has 0 N–H and O–H groups in total. The van der Waals surface area contributed by atoms with Crippen LogP contribution in [-0.4, -0.2) is 4.98 Å². The molecule has 2 rings (SSSR count). The molecule has 16 heavy (non-hydrogen) atoms. The quantitative estimate of drug-likeness (QED) is 0.714. The van der Waals surface area contributed by atoms with Gasteiger partial charge in [-0.25, -0.2) is 4.98 Å². The molecular formula is C12H8F3N. The van der Waals surface area contributed by atoms with Gasteiger partial charge in [0.25, 0.3) is 0 Å². The Labute approximate surface area is 90.2 Å². The lowest BCUT2D eigenvalue weighted by molar-refractivity contribution is -0.136. The van der Waals surface area contributed by atoms with Crippen molar-refractivity contribution in [2.45, 2.75) is 6.18 Å². The van der Waals surface area contributed by atoms with E-state index in [1.807, 2.05) is 0 Å². The Morgan fingerprint density at radius 1 is 1.12 bits per heavy atom. The number of nitrogens with zero attached hydrogens (tertiary/aromatic N) is 1. The van der Waals surface area contributed by atoms with Crippen LogP contribution in [0.15, 0.2) is 36.9 Å². The molecular weight excluding hydrogens is 215 g/mol. The van der Waals surface area contributed by atoms with Crippen LogP contribution in [0.2, 0.25) is 0 Å². The van der Waals surface area contributed by atoms with E-state index in [0.717, 1.165) is 6.07 Å². The summed E-state index contributed by atoms with van der Waals surface area (Å²) in [6, 6.07) is 7.25. The third-order valence-electron chi connectivity index (χ3n) is 2.26. The Balaban J connectivity index is 2.79. The zero-order valence-electron chi connectivity index (χ0n) is 8.25. The van der Waals surface area contributed by atoms with E-state index in [-0.39, 0.29) is 5.52 Å². The summed E-state index contributed by atoms with van der Waals surface area (Å²) in [6.07, 6.45) is -2.96. The Morgan fingerprint density at radius 2 is 1.88 bits per heavy atom. The fraction of sp³-hybridized carbons (Fsp3) is 0.0833. The molecule has 0 unspecified atom stereocenters. The highest BCUT2D eigenvalue weighted by Gasteiger charge is 2.32. The van der Waals surface area contributed by atoms with Crippen molar-refractivity contribution in [1.29, 1.82) is 0 Å². The molecule has 1 aromatic carbocycles. The van der Waals surface area contributed by atoms with Crippen LogP contribution in [0, 0.1) is 0 Å². The lowest BCUT2D eigenvalue weighted by Gasteiger charge is -2.09. The lowest BCUT2D eigenvalue weighted by atomic mass is 10.1. The van der Waals surface area contributed by atoms with Crippen LogP contribution in [0.4, 0.5) is 13.2 Å². The lowest BCUT2D eigenvalue weighted by Crippen LogP contribution is -2.06. The molecule has 0 bridgehead atoms. The van der Waals surface area contributed by atoms with Crippen molar-refractivity contribution in [2.24, 2.45) is 0 Å². The second-order valence-corrected chi connectivity index (χ2v) is 3.32. The predicted octanol–water partition coefficient (Wildman–Crippen LogP) is 3.90. The van der Waals surface area contributed by atoms with Gasteiger partial charge in [0, 0.05) is 5.39 Å². The first kappa shape index (κ1) is 10.7. The van der Waals surface area contributed by atoms with Gasteiger partial charge in [0.15, 0.2) is 0 Å². The Bertz CT molecular complexity index is 543. The van der Waals surface area contributed by atoms with Gasteiger partial charge in [-0.15, -0.1) is 0 Å². The SMILES string of the molecule is C=Cc1ccc2cccc(C(F)(F)F)c2n1. The summed E-state index contributed by atoms with van der Waals surface area (Å²) >= 11 is 0. The Morgan fingerprint density at radius 3 is 2.50 bits per heavy atom. The van der Waals surface area contributed by atoms with Gasteiger partial charge in [0.2, 0.25) is 0 Å². The maximum absolute atomic E-state index is 12.7. The smallest absolute Gasteiger partial charge is 0.248 e. The number of halogens is 3. The summed E-state index contributed by atoms with van der Waals surface area (Å²) in [4.78, 5) is 3.92. The van der Waals surface area contributed by atoms with E-state index in [0.29, 0.717) is 11.1 Å². The number of hydrogen-bond acceptors (Lipinski definition) is 1. The average molecular weight is 223 g/mol. The number of pyridine rings is 1. The van der Waals surface area contributed by atoms with E-state index in [1.54, 1.807) is 18.2 Å². The van der Waals surface area contributed by atoms with Gasteiger partial charge in [-0.05, 0) is 18.2 Å². The third-order valence-corrected chi connectivity index (χ3v) is 2.26. The number of benzene rings is 1. The maximum Gasteiger partial charge on any atom is 0.418 e. The van der Waals surface area contributed by atoms with Gasteiger partial charge in [0.05, 0.1) is 16.8 Å². The van der Waals surface area contributed by atoms with Crippen LogP contribution in [0.3, 0.4) is 0 Å². The van der Waals surface area contributed by atoms with Crippen molar-refractivity contribution in [1.82, 2.24) is 4.98 Å². The van der Waals surface area contributed by atoms with Crippen molar-refractivity contribution in [3.05, 3.63) is 48.2 Å². The molecule has 2 aromatic rings. The molecule has 0 saturated heterocycles. The molecule has 0 aliphatic heterocycles. The van der Waals surface area contributed by atoms with Gasteiger partial charge in [-0.1, -0.05) is 24.8 Å². The number of para-hydroxylation sites is 1. The van der Waals surface area contributed by atoms with E-state index >= 15 is 0 Å². The fourth-order valence-electron chi connectivity index (χ4n) is 1.50. The van der Waals surface area contributed by atoms with Gasteiger partial charge in [-0.3, -0.25) is 0 Å². The summed E-state index contributed by atoms with van der Waals surface area (Å²) in [5.41, 5.74) is -0.315. The minimum Gasteiger partial charge on any atom is -0.248 e. The summed E-state index contributed by atoms with van der Waals surface area (Å²) in [5, 5.41) is 0.473. The highest BCUT2D eigenvalue weighted by molar-refractivity contribution is 5.83. The molecule has 0 radical (unpaired) electrons. The highest BCUT2D eigenvalue weighted by atomic mass is 19.4. The molecule has 0 fully saturated rings. The zero-order chi connectivity index (χ0) is 11.8. The second-order valence-electron chi connectivity index (χ2n) is 3.32. The van der Waals surface area contributed by atoms with Crippen LogP contribution in [0.1, 0.15) is 11.3 Å². The normalized spacial score (nSPS) is 11.7. The molecule has 0 atom stereocenters. The summed E-state index contributed by atoms with van der Waals surface area (Å²) < 4.78 is 38.1. The molecule has 0 spiro atoms. The van der Waals surface area contributed by atoms with Crippen LogP contribution < -0.4 is 0 Å². The molecule has 0 amide bonds. The summed E-state index contributed by atoms with van der Waals surface area (Å²) in [5.74, 6) is 0. The molecule has 1 heterocycles. The van der Waals surface area contributed by atoms with Crippen molar-refractivity contribution < 1.29 is 13.2 Å². The summed E-state index contributed by atoms with van der Waals surface area (Å²) in [6.45, 7) is 3.49.